The Morgan fingerprint density at radius 2 is 2.14 bits per heavy atom. The molecule has 6 nitrogen and oxygen atoms in total. The monoisotopic (exact) mass is 301 g/mol. The van der Waals surface area contributed by atoms with E-state index >= 15 is 0 Å². The number of nitrogens with zero attached hydrogens (tertiary/aromatic N) is 3. The molecule has 1 aliphatic carbocycles. The van der Waals surface area contributed by atoms with Crippen molar-refractivity contribution in [2.75, 3.05) is 5.73 Å². The summed E-state index contributed by atoms with van der Waals surface area (Å²) in [6.45, 7) is 1.79. The van der Waals surface area contributed by atoms with E-state index in [9.17, 15) is 4.79 Å². The largest absolute Gasteiger partial charge is 0.390 e. The predicted octanol–water partition coefficient (Wildman–Crippen LogP) is 1.92. The van der Waals surface area contributed by atoms with E-state index in [1.54, 1.807) is 18.3 Å². The van der Waals surface area contributed by atoms with Crippen LogP contribution in [0.5, 0.6) is 0 Å². The Hall–Kier alpha value is -2.15. The van der Waals surface area contributed by atoms with Crippen LogP contribution in [0.15, 0.2) is 10.9 Å². The number of nitrogens with one attached hydrogen (secondary N) is 1. The van der Waals surface area contributed by atoms with Gasteiger partial charge in [-0.05, 0) is 38.2 Å². The van der Waals surface area contributed by atoms with Crippen LogP contribution in [0.4, 0.5) is 5.00 Å². The zero-order valence-corrected chi connectivity index (χ0v) is 12.5. The summed E-state index contributed by atoms with van der Waals surface area (Å²) < 4.78 is 1.37. The normalized spacial score (nSPS) is 14.5. The summed E-state index contributed by atoms with van der Waals surface area (Å²) in [6, 6.07) is 1.49. The molecule has 0 atom stereocenters. The fourth-order valence-electron chi connectivity index (χ4n) is 2.95. The third kappa shape index (κ3) is 1.88. The van der Waals surface area contributed by atoms with Crippen molar-refractivity contribution < 1.29 is 0 Å². The molecule has 0 aliphatic heterocycles. The topological polar surface area (TPSA) is 89.1 Å². The molecule has 0 unspecified atom stereocenters. The van der Waals surface area contributed by atoms with E-state index in [0.717, 1.165) is 23.4 Å². The van der Waals surface area contributed by atoms with Crippen molar-refractivity contribution in [2.24, 2.45) is 0 Å². The Morgan fingerprint density at radius 1 is 1.33 bits per heavy atom. The van der Waals surface area contributed by atoms with Gasteiger partial charge in [-0.1, -0.05) is 0 Å². The molecule has 0 amide bonds. The van der Waals surface area contributed by atoms with Crippen LogP contribution in [0.3, 0.4) is 0 Å². The lowest BCUT2D eigenvalue weighted by atomic mass is 9.95. The quantitative estimate of drug-likeness (QED) is 0.718. The third-order valence-electron chi connectivity index (χ3n) is 3.89. The minimum atomic E-state index is -0.154. The molecule has 0 radical (unpaired) electrons. The Kier molecular flexibility index (Phi) is 2.65. The van der Waals surface area contributed by atoms with Gasteiger partial charge in [0.05, 0.1) is 10.6 Å². The van der Waals surface area contributed by atoms with Crippen LogP contribution in [0.25, 0.3) is 17.2 Å². The van der Waals surface area contributed by atoms with Gasteiger partial charge in [-0.3, -0.25) is 9.89 Å². The highest BCUT2D eigenvalue weighted by molar-refractivity contribution is 7.16. The Labute approximate surface area is 124 Å². The number of hydrogen-bond donors (Lipinski definition) is 2. The van der Waals surface area contributed by atoms with E-state index in [4.69, 9.17) is 5.73 Å². The number of fused-ring (bicyclic) bond motifs is 2. The lowest BCUT2D eigenvalue weighted by Crippen LogP contribution is -2.14. The molecule has 0 saturated carbocycles. The second-order valence-electron chi connectivity index (χ2n) is 5.39. The standard InChI is InChI=1S/C14H15N5OS/c1-7-6-10(20)19-14(16-7)17-13(18-19)11-8-4-2-3-5-9(8)21-12(11)15/h6H,2-5,15H2,1H3,(H,16,17,18). The van der Waals surface area contributed by atoms with E-state index in [2.05, 4.69) is 15.1 Å². The molecule has 0 aromatic carbocycles. The van der Waals surface area contributed by atoms with Crippen molar-refractivity contribution in [3.63, 3.8) is 0 Å². The molecule has 3 N–H and O–H groups in total. The van der Waals surface area contributed by atoms with Gasteiger partial charge in [-0.2, -0.15) is 9.50 Å². The predicted molar refractivity (Wildman–Crippen MR) is 82.7 cm³/mol. The van der Waals surface area contributed by atoms with Crippen molar-refractivity contribution in [1.29, 1.82) is 0 Å². The van der Waals surface area contributed by atoms with Crippen LogP contribution in [0, 0.1) is 6.92 Å². The summed E-state index contributed by atoms with van der Waals surface area (Å²) in [5.41, 5.74) is 8.95. The van der Waals surface area contributed by atoms with Gasteiger partial charge in [0.1, 0.15) is 0 Å². The Morgan fingerprint density at radius 3 is 3.00 bits per heavy atom. The number of rotatable bonds is 1. The maximum atomic E-state index is 12.0. The zero-order valence-electron chi connectivity index (χ0n) is 11.6. The molecule has 0 saturated heterocycles. The average Bonchev–Trinajstić information content (AvgIpc) is 2.98. The van der Waals surface area contributed by atoms with Gasteiger partial charge in [-0.25, -0.2) is 4.98 Å². The van der Waals surface area contributed by atoms with Crippen LogP contribution in [-0.2, 0) is 12.8 Å². The number of H-pyrrole nitrogens is 1. The summed E-state index contributed by atoms with van der Waals surface area (Å²) in [6.07, 6.45) is 4.50. The lowest BCUT2D eigenvalue weighted by molar-refractivity contribution is 0.697. The molecular weight excluding hydrogens is 286 g/mol. The van der Waals surface area contributed by atoms with Crippen molar-refractivity contribution >= 4 is 22.1 Å². The number of aromatic nitrogens is 4. The fourth-order valence-corrected chi connectivity index (χ4v) is 4.11. The van der Waals surface area contributed by atoms with Gasteiger partial charge < -0.3 is 5.73 Å². The third-order valence-corrected chi connectivity index (χ3v) is 5.01. The maximum absolute atomic E-state index is 12.0. The van der Waals surface area contributed by atoms with Gasteiger partial charge in [0.15, 0.2) is 5.82 Å². The Balaban J connectivity index is 1.97. The van der Waals surface area contributed by atoms with Crippen molar-refractivity contribution in [3.05, 3.63) is 32.6 Å². The molecule has 7 heteroatoms. The number of aromatic amines is 1. The SMILES string of the molecule is Cc1cc(=O)n2[nH]c(-c3c(N)sc4c3CCCC4)nc2n1. The Bertz CT molecular complexity index is 904. The van der Waals surface area contributed by atoms with Gasteiger partial charge in [-0.15, -0.1) is 11.3 Å². The molecule has 0 spiro atoms. The molecule has 1 aliphatic rings. The van der Waals surface area contributed by atoms with E-state index in [0.29, 0.717) is 17.3 Å². The first-order valence-electron chi connectivity index (χ1n) is 7.00. The fraction of sp³-hybridized carbons (Fsp3) is 0.357. The van der Waals surface area contributed by atoms with Crippen molar-refractivity contribution in [2.45, 2.75) is 32.6 Å². The summed E-state index contributed by atoms with van der Waals surface area (Å²) in [5.74, 6) is 1.03. The minimum absolute atomic E-state index is 0.154. The van der Waals surface area contributed by atoms with Crippen molar-refractivity contribution in [3.8, 4) is 11.4 Å². The van der Waals surface area contributed by atoms with Crippen LogP contribution in [0.2, 0.25) is 0 Å². The van der Waals surface area contributed by atoms with Crippen LogP contribution in [-0.4, -0.2) is 19.6 Å². The minimum Gasteiger partial charge on any atom is -0.390 e. The molecule has 3 heterocycles. The molecule has 21 heavy (non-hydrogen) atoms. The van der Waals surface area contributed by atoms with Gasteiger partial charge >= 0.3 is 0 Å². The van der Waals surface area contributed by atoms with Crippen LogP contribution in [0.1, 0.15) is 29.0 Å². The van der Waals surface area contributed by atoms with Gasteiger partial charge in [0.25, 0.3) is 11.3 Å². The molecule has 4 rings (SSSR count). The number of aryl methyl sites for hydroxylation is 2. The van der Waals surface area contributed by atoms with Gasteiger partial charge in [0, 0.05) is 16.6 Å². The first-order chi connectivity index (χ1) is 10.1. The number of nitrogen functional groups attached to an aromatic ring is 1. The molecule has 108 valence electrons. The zero-order chi connectivity index (χ0) is 14.6. The number of hydrogen-bond acceptors (Lipinski definition) is 5. The summed E-state index contributed by atoms with van der Waals surface area (Å²) >= 11 is 1.64. The lowest BCUT2D eigenvalue weighted by Gasteiger charge is -2.11. The summed E-state index contributed by atoms with van der Waals surface area (Å²) in [7, 11) is 0. The summed E-state index contributed by atoms with van der Waals surface area (Å²) in [4.78, 5) is 22.1. The molecule has 3 aromatic heterocycles. The van der Waals surface area contributed by atoms with E-state index in [1.807, 2.05) is 0 Å². The average molecular weight is 301 g/mol. The highest BCUT2D eigenvalue weighted by atomic mass is 32.1. The molecular formula is C14H15N5OS. The second-order valence-corrected chi connectivity index (χ2v) is 6.53. The maximum Gasteiger partial charge on any atom is 0.274 e. The highest BCUT2D eigenvalue weighted by Crippen LogP contribution is 2.41. The van der Waals surface area contributed by atoms with E-state index < -0.39 is 0 Å². The number of nitrogens with two attached hydrogens (primary N) is 1. The van der Waals surface area contributed by atoms with Crippen LogP contribution < -0.4 is 11.3 Å². The second kappa shape index (κ2) is 4.42. The van der Waals surface area contributed by atoms with Gasteiger partial charge in [0.2, 0.25) is 0 Å². The molecule has 0 fully saturated rings. The van der Waals surface area contributed by atoms with E-state index in [1.165, 1.54) is 33.9 Å². The summed E-state index contributed by atoms with van der Waals surface area (Å²) in [5, 5.41) is 3.81. The first-order valence-corrected chi connectivity index (χ1v) is 7.82. The molecule has 0 bridgehead atoms. The first kappa shape index (κ1) is 12.6. The van der Waals surface area contributed by atoms with Crippen LogP contribution >= 0.6 is 11.3 Å². The number of thiophene rings is 1. The highest BCUT2D eigenvalue weighted by Gasteiger charge is 2.23. The van der Waals surface area contributed by atoms with E-state index in [-0.39, 0.29) is 5.56 Å². The van der Waals surface area contributed by atoms with Crippen molar-refractivity contribution in [1.82, 2.24) is 19.6 Å². The molecule has 3 aromatic rings. The smallest absolute Gasteiger partial charge is 0.274 e. The number of anilines is 1.